The number of aromatic nitrogens is 2. The largest absolute Gasteiger partial charge is 0.494 e. The SMILES string of the molecule is CCCCOc1ccc(C(=O)/C(=C\c2ccncc2)c2nc3ccccc3o2)cc1. The van der Waals surface area contributed by atoms with Gasteiger partial charge in [0.2, 0.25) is 5.89 Å². The quantitative estimate of drug-likeness (QED) is 0.212. The molecule has 0 unspecified atom stereocenters. The summed E-state index contributed by atoms with van der Waals surface area (Å²) in [6.07, 6.45) is 7.21. The Kier molecular flexibility index (Phi) is 5.99. The van der Waals surface area contributed by atoms with Gasteiger partial charge in [-0.25, -0.2) is 4.98 Å². The maximum absolute atomic E-state index is 13.4. The van der Waals surface area contributed by atoms with Crippen molar-refractivity contribution in [1.82, 2.24) is 9.97 Å². The van der Waals surface area contributed by atoms with Crippen molar-refractivity contribution >= 4 is 28.5 Å². The summed E-state index contributed by atoms with van der Waals surface area (Å²) in [6, 6.07) is 18.3. The van der Waals surface area contributed by atoms with E-state index in [0.717, 1.165) is 24.2 Å². The Hall–Kier alpha value is -3.73. The Bertz CT molecular complexity index is 1130. The van der Waals surface area contributed by atoms with Crippen LogP contribution in [0.25, 0.3) is 22.7 Å². The highest BCUT2D eigenvalue weighted by atomic mass is 16.5. The van der Waals surface area contributed by atoms with E-state index in [9.17, 15) is 4.79 Å². The minimum atomic E-state index is -0.168. The number of ether oxygens (including phenoxy) is 1. The molecule has 0 aliphatic carbocycles. The number of nitrogens with zero attached hydrogens (tertiary/aromatic N) is 2. The fourth-order valence-corrected chi connectivity index (χ4v) is 3.03. The fourth-order valence-electron chi connectivity index (χ4n) is 3.03. The van der Waals surface area contributed by atoms with Crippen molar-refractivity contribution < 1.29 is 13.9 Å². The molecule has 0 radical (unpaired) electrons. The van der Waals surface area contributed by atoms with Crippen molar-refractivity contribution in [2.24, 2.45) is 0 Å². The molecule has 2 aromatic carbocycles. The first kappa shape index (κ1) is 19.6. The number of allylic oxidation sites excluding steroid dienone is 1. The van der Waals surface area contributed by atoms with Gasteiger partial charge in [0.1, 0.15) is 11.3 Å². The Labute approximate surface area is 175 Å². The summed E-state index contributed by atoms with van der Waals surface area (Å²) >= 11 is 0. The van der Waals surface area contributed by atoms with Gasteiger partial charge in [-0.2, -0.15) is 0 Å². The van der Waals surface area contributed by atoms with Crippen LogP contribution < -0.4 is 4.74 Å². The Balaban J connectivity index is 1.68. The van der Waals surface area contributed by atoms with Gasteiger partial charge in [0.05, 0.1) is 12.2 Å². The summed E-state index contributed by atoms with van der Waals surface area (Å²) in [5, 5.41) is 0. The van der Waals surface area contributed by atoms with E-state index in [1.807, 2.05) is 48.5 Å². The summed E-state index contributed by atoms with van der Waals surface area (Å²) < 4.78 is 11.6. The van der Waals surface area contributed by atoms with Crippen molar-refractivity contribution in [2.45, 2.75) is 19.8 Å². The highest BCUT2D eigenvalue weighted by Gasteiger charge is 2.20. The molecule has 0 aliphatic rings. The monoisotopic (exact) mass is 398 g/mol. The van der Waals surface area contributed by atoms with E-state index >= 15 is 0 Å². The van der Waals surface area contributed by atoms with Crippen molar-refractivity contribution in [3.63, 3.8) is 0 Å². The number of rotatable bonds is 8. The predicted molar refractivity (Wildman–Crippen MR) is 117 cm³/mol. The van der Waals surface area contributed by atoms with Gasteiger partial charge in [-0.15, -0.1) is 0 Å². The minimum Gasteiger partial charge on any atom is -0.494 e. The van der Waals surface area contributed by atoms with Crippen LogP contribution in [0.15, 0.2) is 77.5 Å². The van der Waals surface area contributed by atoms with Crippen molar-refractivity contribution in [2.75, 3.05) is 6.61 Å². The number of para-hydroxylation sites is 2. The van der Waals surface area contributed by atoms with Gasteiger partial charge in [-0.05, 0) is 66.6 Å². The second kappa shape index (κ2) is 9.18. The van der Waals surface area contributed by atoms with Crippen LogP contribution in [0.2, 0.25) is 0 Å². The highest BCUT2D eigenvalue weighted by molar-refractivity contribution is 6.31. The Morgan fingerprint density at radius 3 is 2.53 bits per heavy atom. The number of fused-ring (bicyclic) bond motifs is 1. The number of Topliss-reactive ketones (excluding diaryl/α,β-unsaturated/α-hetero) is 1. The third kappa shape index (κ3) is 4.46. The molecule has 5 nitrogen and oxygen atoms in total. The molecule has 2 aromatic heterocycles. The van der Waals surface area contributed by atoms with Gasteiger partial charge < -0.3 is 9.15 Å². The lowest BCUT2D eigenvalue weighted by Gasteiger charge is -2.07. The van der Waals surface area contributed by atoms with E-state index in [1.54, 1.807) is 30.6 Å². The van der Waals surface area contributed by atoms with Gasteiger partial charge in [-0.3, -0.25) is 9.78 Å². The zero-order valence-electron chi connectivity index (χ0n) is 16.7. The first-order valence-corrected chi connectivity index (χ1v) is 10.00. The molecule has 0 atom stereocenters. The van der Waals surface area contributed by atoms with E-state index in [0.29, 0.717) is 34.7 Å². The minimum absolute atomic E-state index is 0.168. The van der Waals surface area contributed by atoms with Gasteiger partial charge in [0.15, 0.2) is 11.4 Å². The average Bonchev–Trinajstić information content (AvgIpc) is 3.22. The van der Waals surface area contributed by atoms with Gasteiger partial charge in [0.25, 0.3) is 0 Å². The van der Waals surface area contributed by atoms with Gasteiger partial charge >= 0.3 is 0 Å². The molecule has 4 aromatic rings. The first-order chi connectivity index (χ1) is 14.7. The molecule has 0 saturated carbocycles. The number of oxazole rings is 1. The summed E-state index contributed by atoms with van der Waals surface area (Å²) in [4.78, 5) is 21.9. The number of hydrogen-bond donors (Lipinski definition) is 0. The first-order valence-electron chi connectivity index (χ1n) is 10.00. The predicted octanol–water partition coefficient (Wildman–Crippen LogP) is 5.83. The standard InChI is InChI=1S/C25H22N2O3/c1-2-3-16-29-20-10-8-19(9-11-20)24(28)21(17-18-12-14-26-15-13-18)25-27-22-6-4-5-7-23(22)30-25/h4-15,17H,2-3,16H2,1H3/b21-17+. The number of hydrogen-bond acceptors (Lipinski definition) is 5. The van der Waals surface area contributed by atoms with E-state index in [1.165, 1.54) is 0 Å². The molecular formula is C25H22N2O3. The smallest absolute Gasteiger partial charge is 0.231 e. The van der Waals surface area contributed by atoms with E-state index < -0.39 is 0 Å². The summed E-state index contributed by atoms with van der Waals surface area (Å²) in [5.41, 5.74) is 3.12. The molecule has 0 bridgehead atoms. The Morgan fingerprint density at radius 1 is 1.03 bits per heavy atom. The summed E-state index contributed by atoms with van der Waals surface area (Å²) in [5.74, 6) is 0.876. The lowest BCUT2D eigenvalue weighted by atomic mass is 10.0. The molecular weight excluding hydrogens is 376 g/mol. The third-order valence-electron chi connectivity index (χ3n) is 4.67. The van der Waals surface area contributed by atoms with Crippen LogP contribution in [0.4, 0.5) is 0 Å². The normalized spacial score (nSPS) is 11.6. The summed E-state index contributed by atoms with van der Waals surface area (Å²) in [7, 11) is 0. The third-order valence-corrected chi connectivity index (χ3v) is 4.67. The van der Waals surface area contributed by atoms with Crippen LogP contribution >= 0.6 is 0 Å². The molecule has 150 valence electrons. The molecule has 0 aliphatic heterocycles. The van der Waals surface area contributed by atoms with E-state index in [4.69, 9.17) is 9.15 Å². The topological polar surface area (TPSA) is 65.2 Å². The number of carbonyl (C=O) groups is 1. The van der Waals surface area contributed by atoms with E-state index in [2.05, 4.69) is 16.9 Å². The maximum atomic E-state index is 13.4. The Morgan fingerprint density at radius 2 is 1.80 bits per heavy atom. The van der Waals surface area contributed by atoms with Crippen LogP contribution in [-0.2, 0) is 0 Å². The van der Waals surface area contributed by atoms with Crippen LogP contribution in [0.3, 0.4) is 0 Å². The highest BCUT2D eigenvalue weighted by Crippen LogP contribution is 2.26. The van der Waals surface area contributed by atoms with Crippen molar-refractivity contribution in [1.29, 1.82) is 0 Å². The number of carbonyl (C=O) groups excluding carboxylic acids is 1. The molecule has 5 heteroatoms. The lowest BCUT2D eigenvalue weighted by molar-refractivity contribution is 0.105. The van der Waals surface area contributed by atoms with E-state index in [-0.39, 0.29) is 5.78 Å². The molecule has 0 spiro atoms. The lowest BCUT2D eigenvalue weighted by Crippen LogP contribution is -2.04. The second-order valence-electron chi connectivity index (χ2n) is 6.88. The molecule has 0 amide bonds. The van der Waals surface area contributed by atoms with Crippen molar-refractivity contribution in [3.05, 3.63) is 90.1 Å². The van der Waals surface area contributed by atoms with Crippen LogP contribution in [0.5, 0.6) is 5.75 Å². The fraction of sp³-hybridized carbons (Fsp3) is 0.160. The molecule has 2 heterocycles. The van der Waals surface area contributed by atoms with Crippen LogP contribution in [0, 0.1) is 0 Å². The van der Waals surface area contributed by atoms with Crippen molar-refractivity contribution in [3.8, 4) is 5.75 Å². The molecule has 4 rings (SSSR count). The van der Waals surface area contributed by atoms with Crippen LogP contribution in [-0.4, -0.2) is 22.4 Å². The van der Waals surface area contributed by atoms with Gasteiger partial charge in [0, 0.05) is 18.0 Å². The zero-order valence-corrected chi connectivity index (χ0v) is 16.7. The zero-order chi connectivity index (χ0) is 20.8. The number of ketones is 1. The number of pyridine rings is 1. The number of unbranched alkanes of at least 4 members (excludes halogenated alkanes) is 1. The molecule has 0 saturated heterocycles. The average molecular weight is 398 g/mol. The summed E-state index contributed by atoms with van der Waals surface area (Å²) in [6.45, 7) is 2.79. The molecule has 0 fully saturated rings. The van der Waals surface area contributed by atoms with Crippen LogP contribution in [0.1, 0.15) is 41.6 Å². The molecule has 30 heavy (non-hydrogen) atoms. The second-order valence-corrected chi connectivity index (χ2v) is 6.88. The van der Waals surface area contributed by atoms with Gasteiger partial charge in [-0.1, -0.05) is 25.5 Å². The maximum Gasteiger partial charge on any atom is 0.231 e. The molecule has 0 N–H and O–H groups in total. The number of benzene rings is 2.